The van der Waals surface area contributed by atoms with Gasteiger partial charge in [-0.2, -0.15) is 0 Å². The SMILES string of the molecule is CCC(N)C(c1ccc(Br)s1)N(C)CCC(C)C. The van der Waals surface area contributed by atoms with Gasteiger partial charge < -0.3 is 5.73 Å². The molecular weight excluding hydrogens is 308 g/mol. The van der Waals surface area contributed by atoms with E-state index in [1.54, 1.807) is 11.3 Å². The summed E-state index contributed by atoms with van der Waals surface area (Å²) >= 11 is 5.34. The van der Waals surface area contributed by atoms with Gasteiger partial charge in [-0.1, -0.05) is 20.8 Å². The van der Waals surface area contributed by atoms with Gasteiger partial charge in [-0.3, -0.25) is 4.90 Å². The van der Waals surface area contributed by atoms with Crippen molar-refractivity contribution in [3.05, 3.63) is 20.8 Å². The third-order valence-electron chi connectivity index (χ3n) is 3.30. The Balaban J connectivity index is 2.78. The molecule has 0 spiro atoms. The van der Waals surface area contributed by atoms with Crippen LogP contribution in [0.2, 0.25) is 0 Å². The molecule has 0 saturated carbocycles. The second-order valence-electron chi connectivity index (χ2n) is 5.32. The van der Waals surface area contributed by atoms with Gasteiger partial charge >= 0.3 is 0 Å². The molecule has 2 N–H and O–H groups in total. The zero-order valence-electron chi connectivity index (χ0n) is 11.8. The molecule has 2 unspecified atom stereocenters. The first kappa shape index (κ1) is 16.2. The molecule has 0 fully saturated rings. The number of hydrogen-bond donors (Lipinski definition) is 1. The Morgan fingerprint density at radius 2 is 2.06 bits per heavy atom. The fourth-order valence-corrected chi connectivity index (χ4v) is 3.73. The van der Waals surface area contributed by atoms with Gasteiger partial charge in [0.2, 0.25) is 0 Å². The lowest BCUT2D eigenvalue weighted by Gasteiger charge is -2.32. The van der Waals surface area contributed by atoms with E-state index in [-0.39, 0.29) is 6.04 Å². The lowest BCUT2D eigenvalue weighted by molar-refractivity contribution is 0.202. The molecule has 0 radical (unpaired) electrons. The molecule has 0 aliphatic carbocycles. The molecule has 1 aromatic rings. The van der Waals surface area contributed by atoms with Crippen LogP contribution < -0.4 is 5.73 Å². The van der Waals surface area contributed by atoms with E-state index in [9.17, 15) is 0 Å². The fraction of sp³-hybridized carbons (Fsp3) is 0.714. The van der Waals surface area contributed by atoms with Crippen LogP contribution in [0, 0.1) is 5.92 Å². The lowest BCUT2D eigenvalue weighted by atomic mass is 10.0. The predicted molar refractivity (Wildman–Crippen MR) is 85.1 cm³/mol. The highest BCUT2D eigenvalue weighted by molar-refractivity contribution is 9.11. The Kier molecular flexibility index (Phi) is 6.85. The molecule has 1 rings (SSSR count). The Hall–Kier alpha value is 0.1000. The van der Waals surface area contributed by atoms with E-state index in [1.807, 2.05) is 0 Å². The minimum absolute atomic E-state index is 0.202. The van der Waals surface area contributed by atoms with Crippen LogP contribution in [-0.2, 0) is 0 Å². The predicted octanol–water partition coefficient (Wildman–Crippen LogP) is 4.27. The molecule has 0 aromatic carbocycles. The third-order valence-corrected chi connectivity index (χ3v) is 4.99. The molecule has 2 nitrogen and oxygen atoms in total. The number of nitrogens with two attached hydrogens (primary N) is 1. The second-order valence-corrected chi connectivity index (χ2v) is 7.82. The number of halogens is 1. The summed E-state index contributed by atoms with van der Waals surface area (Å²) in [7, 11) is 2.19. The Morgan fingerprint density at radius 1 is 1.39 bits per heavy atom. The van der Waals surface area contributed by atoms with Crippen molar-refractivity contribution in [2.75, 3.05) is 13.6 Å². The summed E-state index contributed by atoms with van der Waals surface area (Å²) in [5.74, 6) is 0.737. The summed E-state index contributed by atoms with van der Waals surface area (Å²) in [6, 6.07) is 4.85. The van der Waals surface area contributed by atoms with Crippen LogP contribution in [0.4, 0.5) is 0 Å². The highest BCUT2D eigenvalue weighted by Crippen LogP contribution is 2.32. The van der Waals surface area contributed by atoms with Crippen LogP contribution in [0.15, 0.2) is 15.9 Å². The van der Waals surface area contributed by atoms with Crippen molar-refractivity contribution >= 4 is 27.3 Å². The van der Waals surface area contributed by atoms with E-state index in [2.05, 4.69) is 60.8 Å². The zero-order valence-corrected chi connectivity index (χ0v) is 14.2. The van der Waals surface area contributed by atoms with Crippen molar-refractivity contribution in [3.8, 4) is 0 Å². The van der Waals surface area contributed by atoms with Gasteiger partial charge in [0, 0.05) is 10.9 Å². The molecular formula is C14H25BrN2S. The number of thiophene rings is 1. The number of nitrogens with zero attached hydrogens (tertiary/aromatic N) is 1. The number of hydrogen-bond acceptors (Lipinski definition) is 3. The first-order valence-electron chi connectivity index (χ1n) is 6.66. The van der Waals surface area contributed by atoms with Crippen molar-refractivity contribution in [2.45, 2.75) is 45.7 Å². The summed E-state index contributed by atoms with van der Waals surface area (Å²) in [5, 5.41) is 0. The van der Waals surface area contributed by atoms with Gasteiger partial charge in [-0.15, -0.1) is 11.3 Å². The monoisotopic (exact) mass is 332 g/mol. The molecule has 1 aromatic heterocycles. The van der Waals surface area contributed by atoms with E-state index in [4.69, 9.17) is 5.73 Å². The van der Waals surface area contributed by atoms with Crippen molar-refractivity contribution in [3.63, 3.8) is 0 Å². The highest BCUT2D eigenvalue weighted by Gasteiger charge is 2.24. The Bertz CT molecular complexity index is 351. The summed E-state index contributed by atoms with van der Waals surface area (Å²) in [6.45, 7) is 7.80. The molecule has 0 aliphatic rings. The maximum Gasteiger partial charge on any atom is 0.0702 e. The molecule has 4 heteroatoms. The first-order valence-corrected chi connectivity index (χ1v) is 8.27. The van der Waals surface area contributed by atoms with Gasteiger partial charge in [0.1, 0.15) is 0 Å². The molecule has 104 valence electrons. The summed E-state index contributed by atoms with van der Waals surface area (Å²) in [4.78, 5) is 3.77. The quantitative estimate of drug-likeness (QED) is 0.807. The van der Waals surface area contributed by atoms with Crippen LogP contribution in [0.3, 0.4) is 0 Å². The van der Waals surface area contributed by atoms with Crippen molar-refractivity contribution in [1.29, 1.82) is 0 Å². The number of rotatable bonds is 7. The minimum Gasteiger partial charge on any atom is -0.326 e. The summed E-state index contributed by atoms with van der Waals surface area (Å²) in [6.07, 6.45) is 2.22. The van der Waals surface area contributed by atoms with E-state index < -0.39 is 0 Å². The Morgan fingerprint density at radius 3 is 2.50 bits per heavy atom. The van der Waals surface area contributed by atoms with E-state index in [0.717, 1.165) is 18.9 Å². The molecule has 18 heavy (non-hydrogen) atoms. The standard InChI is InChI=1S/C14H25BrN2S/c1-5-11(16)14(12-6-7-13(15)18-12)17(4)9-8-10(2)3/h6-7,10-11,14H,5,8-9,16H2,1-4H3. The topological polar surface area (TPSA) is 29.3 Å². The average Bonchev–Trinajstić information content (AvgIpc) is 2.73. The average molecular weight is 333 g/mol. The van der Waals surface area contributed by atoms with Crippen molar-refractivity contribution in [2.24, 2.45) is 11.7 Å². The molecule has 2 atom stereocenters. The lowest BCUT2D eigenvalue weighted by Crippen LogP contribution is -2.39. The molecule has 0 aliphatic heterocycles. The first-order chi connectivity index (χ1) is 8.45. The van der Waals surface area contributed by atoms with Crippen LogP contribution in [0.25, 0.3) is 0 Å². The van der Waals surface area contributed by atoms with Crippen LogP contribution in [0.5, 0.6) is 0 Å². The fourth-order valence-electron chi connectivity index (χ4n) is 2.07. The smallest absolute Gasteiger partial charge is 0.0702 e. The van der Waals surface area contributed by atoms with Crippen LogP contribution >= 0.6 is 27.3 Å². The largest absolute Gasteiger partial charge is 0.326 e. The molecule has 0 saturated heterocycles. The van der Waals surface area contributed by atoms with Gasteiger partial charge in [0.25, 0.3) is 0 Å². The van der Waals surface area contributed by atoms with Gasteiger partial charge in [-0.05, 0) is 60.4 Å². The van der Waals surface area contributed by atoms with Gasteiger partial charge in [0.05, 0.1) is 9.83 Å². The summed E-state index contributed by atoms with van der Waals surface area (Å²) < 4.78 is 1.18. The second kappa shape index (κ2) is 7.63. The van der Waals surface area contributed by atoms with E-state index in [1.165, 1.54) is 15.1 Å². The van der Waals surface area contributed by atoms with Gasteiger partial charge in [0.15, 0.2) is 0 Å². The number of likely N-dealkylation sites (N-methyl/N-ethyl adjacent to an activating group) is 1. The maximum absolute atomic E-state index is 6.32. The minimum atomic E-state index is 0.202. The molecule has 0 amide bonds. The van der Waals surface area contributed by atoms with Crippen LogP contribution in [-0.4, -0.2) is 24.5 Å². The van der Waals surface area contributed by atoms with Crippen molar-refractivity contribution < 1.29 is 0 Å². The Labute approximate surface area is 124 Å². The van der Waals surface area contributed by atoms with Crippen LogP contribution in [0.1, 0.15) is 44.5 Å². The normalized spacial score (nSPS) is 15.3. The van der Waals surface area contributed by atoms with Gasteiger partial charge in [-0.25, -0.2) is 0 Å². The van der Waals surface area contributed by atoms with E-state index >= 15 is 0 Å². The summed E-state index contributed by atoms with van der Waals surface area (Å²) in [5.41, 5.74) is 6.32. The third kappa shape index (κ3) is 4.65. The zero-order chi connectivity index (χ0) is 13.7. The van der Waals surface area contributed by atoms with E-state index in [0.29, 0.717) is 6.04 Å². The highest BCUT2D eigenvalue weighted by atomic mass is 79.9. The molecule has 1 heterocycles. The maximum atomic E-state index is 6.32. The van der Waals surface area contributed by atoms with Crippen molar-refractivity contribution in [1.82, 2.24) is 4.90 Å². The molecule has 0 bridgehead atoms.